The predicted octanol–water partition coefficient (Wildman–Crippen LogP) is 2.62. The zero-order valence-corrected chi connectivity index (χ0v) is 13.7. The van der Waals surface area contributed by atoms with Crippen LogP contribution in [0, 0.1) is 6.92 Å². The normalized spacial score (nSPS) is 12.3. The second kappa shape index (κ2) is 5.93. The van der Waals surface area contributed by atoms with Crippen molar-refractivity contribution in [3.05, 3.63) is 28.8 Å². The van der Waals surface area contributed by atoms with Gasteiger partial charge in [-0.25, -0.2) is 9.97 Å². The second-order valence-electron chi connectivity index (χ2n) is 5.52. The molecule has 0 radical (unpaired) electrons. The van der Waals surface area contributed by atoms with E-state index in [-0.39, 0.29) is 5.95 Å². The number of amides is 1. The summed E-state index contributed by atoms with van der Waals surface area (Å²) in [6.07, 6.45) is -2.57. The Bertz CT molecular complexity index is 786. The Kier molecular flexibility index (Phi) is 4.44. The first-order valence-corrected chi connectivity index (χ1v) is 7.04. The van der Waals surface area contributed by atoms with Gasteiger partial charge in [-0.2, -0.15) is 18.3 Å². The number of carbonyl (C=O) groups is 1. The molecule has 130 valence electrons. The van der Waals surface area contributed by atoms with Crippen LogP contribution in [0.1, 0.15) is 25.1 Å². The summed E-state index contributed by atoms with van der Waals surface area (Å²) >= 11 is 5.55. The van der Waals surface area contributed by atoms with Crippen LogP contribution in [0.5, 0.6) is 0 Å². The molecule has 0 unspecified atom stereocenters. The van der Waals surface area contributed by atoms with Crippen molar-refractivity contribution in [1.82, 2.24) is 19.7 Å². The van der Waals surface area contributed by atoms with Gasteiger partial charge in [-0.3, -0.25) is 9.48 Å². The first-order valence-electron chi connectivity index (χ1n) is 6.66. The number of carbonyl (C=O) groups excluding carboxylic acids is 1. The number of hydrogen-bond donors (Lipinski definition) is 2. The highest BCUT2D eigenvalue weighted by Gasteiger charge is 2.35. The van der Waals surface area contributed by atoms with Gasteiger partial charge in [0.1, 0.15) is 16.3 Å². The molecule has 0 atom stereocenters. The molecule has 0 aliphatic carbocycles. The van der Waals surface area contributed by atoms with Crippen molar-refractivity contribution in [2.75, 3.05) is 5.32 Å². The molecule has 3 N–H and O–H groups in total. The topological polar surface area (TPSA) is 98.7 Å². The van der Waals surface area contributed by atoms with Crippen molar-refractivity contribution >= 4 is 29.1 Å². The smallest absolute Gasteiger partial charge is 0.368 e. The van der Waals surface area contributed by atoms with E-state index in [1.54, 1.807) is 20.8 Å². The first kappa shape index (κ1) is 18.0. The molecule has 7 nitrogen and oxygen atoms in total. The summed E-state index contributed by atoms with van der Waals surface area (Å²) in [7, 11) is 0. The van der Waals surface area contributed by atoms with Gasteiger partial charge in [0.05, 0.1) is 17.6 Å². The van der Waals surface area contributed by atoms with Crippen LogP contribution in [-0.2, 0) is 16.5 Å². The number of halogens is 4. The fourth-order valence-corrected chi connectivity index (χ4v) is 1.95. The third-order valence-electron chi connectivity index (χ3n) is 3.37. The molecule has 0 spiro atoms. The molecule has 2 aromatic rings. The van der Waals surface area contributed by atoms with Gasteiger partial charge in [-0.1, -0.05) is 11.6 Å². The third kappa shape index (κ3) is 3.42. The summed E-state index contributed by atoms with van der Waals surface area (Å²) in [4.78, 5) is 18.6. The van der Waals surface area contributed by atoms with E-state index < -0.39 is 28.3 Å². The van der Waals surface area contributed by atoms with Crippen molar-refractivity contribution in [2.45, 2.75) is 32.5 Å². The molecule has 11 heteroatoms. The minimum Gasteiger partial charge on any atom is -0.368 e. The summed E-state index contributed by atoms with van der Waals surface area (Å²) in [6, 6.07) is 0. The lowest BCUT2D eigenvalue weighted by Crippen LogP contribution is -2.41. The van der Waals surface area contributed by atoms with Crippen molar-refractivity contribution in [1.29, 1.82) is 0 Å². The first-order chi connectivity index (χ1) is 10.9. The van der Waals surface area contributed by atoms with Gasteiger partial charge in [0, 0.05) is 6.20 Å². The fraction of sp³-hybridized carbons (Fsp3) is 0.385. The summed E-state index contributed by atoms with van der Waals surface area (Å²) in [5.74, 6) is -0.724. The van der Waals surface area contributed by atoms with E-state index in [4.69, 9.17) is 17.3 Å². The maximum Gasteiger partial charge on any atom is 0.420 e. The van der Waals surface area contributed by atoms with Crippen molar-refractivity contribution in [2.24, 2.45) is 5.73 Å². The molecule has 24 heavy (non-hydrogen) atoms. The van der Waals surface area contributed by atoms with E-state index in [2.05, 4.69) is 20.4 Å². The zero-order valence-electron chi connectivity index (χ0n) is 12.9. The maximum atomic E-state index is 12.6. The quantitative estimate of drug-likeness (QED) is 0.814. The molecule has 0 aliphatic rings. The van der Waals surface area contributed by atoms with Crippen LogP contribution >= 0.6 is 11.6 Å². The molecule has 0 aliphatic heterocycles. The number of primary amides is 1. The van der Waals surface area contributed by atoms with Gasteiger partial charge in [0.25, 0.3) is 0 Å². The number of nitrogens with one attached hydrogen (secondary N) is 1. The van der Waals surface area contributed by atoms with E-state index in [0.717, 1.165) is 0 Å². The van der Waals surface area contributed by atoms with E-state index in [1.807, 2.05) is 0 Å². The summed E-state index contributed by atoms with van der Waals surface area (Å²) < 4.78 is 39.3. The minimum absolute atomic E-state index is 0.132. The predicted molar refractivity (Wildman–Crippen MR) is 80.8 cm³/mol. The standard InChI is InChI=1S/C13H14ClF3N6O/c1-6-8(5-23(22-6)12(2,3)10(18)24)20-11-19-4-7(9(14)21-11)13(15,16)17/h4-5H,1-3H3,(H2,18,24)(H,19,20,21). The highest BCUT2D eigenvalue weighted by atomic mass is 35.5. The molecule has 0 aromatic carbocycles. The van der Waals surface area contributed by atoms with Crippen molar-refractivity contribution in [3.8, 4) is 0 Å². The molecular weight excluding hydrogens is 349 g/mol. The highest BCUT2D eigenvalue weighted by Crippen LogP contribution is 2.33. The average Bonchev–Trinajstić information content (AvgIpc) is 2.79. The Hall–Kier alpha value is -2.36. The van der Waals surface area contributed by atoms with Crippen LogP contribution in [0.25, 0.3) is 0 Å². The van der Waals surface area contributed by atoms with Gasteiger partial charge >= 0.3 is 6.18 Å². The van der Waals surface area contributed by atoms with E-state index in [9.17, 15) is 18.0 Å². The number of nitrogens with two attached hydrogens (primary N) is 1. The molecule has 2 rings (SSSR count). The number of rotatable bonds is 4. The molecule has 2 aromatic heterocycles. The lowest BCUT2D eigenvalue weighted by molar-refractivity contribution is -0.138. The maximum absolute atomic E-state index is 12.6. The van der Waals surface area contributed by atoms with Gasteiger partial charge in [0.2, 0.25) is 11.9 Å². The lowest BCUT2D eigenvalue weighted by Gasteiger charge is -2.20. The number of alkyl halides is 3. The van der Waals surface area contributed by atoms with Gasteiger partial charge in [-0.05, 0) is 20.8 Å². The Morgan fingerprint density at radius 2 is 2.00 bits per heavy atom. The molecular formula is C13H14ClF3N6O. The van der Waals surface area contributed by atoms with Gasteiger partial charge < -0.3 is 11.1 Å². The molecule has 0 saturated heterocycles. The largest absolute Gasteiger partial charge is 0.420 e. The summed E-state index contributed by atoms with van der Waals surface area (Å²) in [5.41, 5.74) is 3.99. The zero-order chi connectivity index (χ0) is 18.3. The Balaban J connectivity index is 2.31. The van der Waals surface area contributed by atoms with Crippen LogP contribution in [-0.4, -0.2) is 25.7 Å². The highest BCUT2D eigenvalue weighted by molar-refractivity contribution is 6.30. The summed E-state index contributed by atoms with van der Waals surface area (Å²) in [5, 5.41) is 6.16. The van der Waals surface area contributed by atoms with E-state index in [0.29, 0.717) is 17.6 Å². The van der Waals surface area contributed by atoms with Crippen LogP contribution in [0.15, 0.2) is 12.4 Å². The Morgan fingerprint density at radius 1 is 1.38 bits per heavy atom. The third-order valence-corrected chi connectivity index (χ3v) is 3.66. The Morgan fingerprint density at radius 3 is 2.50 bits per heavy atom. The molecule has 2 heterocycles. The average molecular weight is 363 g/mol. The van der Waals surface area contributed by atoms with Crippen LogP contribution in [0.2, 0.25) is 5.15 Å². The molecule has 0 fully saturated rings. The number of anilines is 2. The number of aromatic nitrogens is 4. The summed E-state index contributed by atoms with van der Waals surface area (Å²) in [6.45, 7) is 4.80. The van der Waals surface area contributed by atoms with Gasteiger partial charge in [0.15, 0.2) is 0 Å². The van der Waals surface area contributed by atoms with Gasteiger partial charge in [-0.15, -0.1) is 0 Å². The number of nitrogens with zero attached hydrogens (tertiary/aromatic N) is 4. The van der Waals surface area contributed by atoms with Crippen LogP contribution in [0.3, 0.4) is 0 Å². The SMILES string of the molecule is Cc1nn(C(C)(C)C(N)=O)cc1Nc1ncc(C(F)(F)F)c(Cl)n1. The van der Waals surface area contributed by atoms with Crippen molar-refractivity contribution in [3.63, 3.8) is 0 Å². The molecule has 0 saturated carbocycles. The van der Waals surface area contributed by atoms with Crippen LogP contribution in [0.4, 0.5) is 24.8 Å². The Labute approximate surface area is 140 Å². The number of aryl methyl sites for hydroxylation is 1. The molecule has 1 amide bonds. The minimum atomic E-state index is -4.64. The fourth-order valence-electron chi connectivity index (χ4n) is 1.71. The van der Waals surface area contributed by atoms with E-state index in [1.165, 1.54) is 10.9 Å². The number of hydrogen-bond acceptors (Lipinski definition) is 5. The second-order valence-corrected chi connectivity index (χ2v) is 5.87. The van der Waals surface area contributed by atoms with Crippen molar-refractivity contribution < 1.29 is 18.0 Å². The monoisotopic (exact) mass is 362 g/mol. The molecule has 0 bridgehead atoms. The van der Waals surface area contributed by atoms with E-state index >= 15 is 0 Å². The van der Waals surface area contributed by atoms with Crippen LogP contribution < -0.4 is 11.1 Å². The lowest BCUT2D eigenvalue weighted by atomic mass is 10.1.